The van der Waals surface area contributed by atoms with E-state index in [9.17, 15) is 9.90 Å². The lowest BCUT2D eigenvalue weighted by atomic mass is 10.0. The van der Waals surface area contributed by atoms with E-state index in [1.165, 1.54) is 4.80 Å². The van der Waals surface area contributed by atoms with Gasteiger partial charge >= 0.3 is 5.97 Å². The number of aromatic carboxylic acids is 1. The van der Waals surface area contributed by atoms with E-state index in [1.54, 1.807) is 24.5 Å². The van der Waals surface area contributed by atoms with Crippen LogP contribution in [0.5, 0.6) is 0 Å². The Bertz CT molecular complexity index is 1210. The Morgan fingerprint density at radius 1 is 1.11 bits per heavy atom. The number of fused-ring (bicyclic) bond motifs is 3. The summed E-state index contributed by atoms with van der Waals surface area (Å²) in [5, 5.41) is 19.3. The molecule has 3 heterocycles. The Morgan fingerprint density at radius 3 is 2.67 bits per heavy atom. The third-order valence-electron chi connectivity index (χ3n) is 4.58. The van der Waals surface area contributed by atoms with Crippen molar-refractivity contribution in [1.82, 2.24) is 20.0 Å². The Balaban J connectivity index is 1.76. The molecule has 132 valence electrons. The van der Waals surface area contributed by atoms with E-state index >= 15 is 0 Å². The van der Waals surface area contributed by atoms with Gasteiger partial charge in [0.1, 0.15) is 17.1 Å². The van der Waals surface area contributed by atoms with Crippen molar-refractivity contribution in [2.75, 3.05) is 0 Å². The molecule has 7 heteroatoms. The average molecular weight is 358 g/mol. The third kappa shape index (κ3) is 2.52. The van der Waals surface area contributed by atoms with Crippen molar-refractivity contribution in [3.8, 4) is 5.69 Å². The Hall–Kier alpha value is -3.74. The maximum atomic E-state index is 12.0. The van der Waals surface area contributed by atoms with Gasteiger partial charge in [0.15, 0.2) is 0 Å². The van der Waals surface area contributed by atoms with Gasteiger partial charge in [-0.25, -0.2) is 9.78 Å². The van der Waals surface area contributed by atoms with Crippen molar-refractivity contribution in [2.45, 2.75) is 12.5 Å². The van der Waals surface area contributed by atoms with Crippen LogP contribution in [0, 0.1) is 0 Å². The summed E-state index contributed by atoms with van der Waals surface area (Å²) >= 11 is 0. The lowest BCUT2D eigenvalue weighted by Crippen LogP contribution is -2.06. The van der Waals surface area contributed by atoms with E-state index in [1.807, 2.05) is 36.4 Å². The molecule has 0 saturated carbocycles. The van der Waals surface area contributed by atoms with Gasteiger partial charge in [-0.15, -0.1) is 10.2 Å². The summed E-state index contributed by atoms with van der Waals surface area (Å²) in [4.78, 5) is 18.1. The van der Waals surface area contributed by atoms with Crippen molar-refractivity contribution in [3.63, 3.8) is 0 Å². The minimum Gasteiger partial charge on any atom is -0.492 e. The third-order valence-corrected chi connectivity index (χ3v) is 4.58. The summed E-state index contributed by atoms with van der Waals surface area (Å²) in [7, 11) is 0. The quantitative estimate of drug-likeness (QED) is 0.601. The summed E-state index contributed by atoms with van der Waals surface area (Å²) < 4.78 is 5.50. The number of pyridine rings is 1. The molecular formula is C20H14N4O3. The largest absolute Gasteiger partial charge is 0.492 e. The standard InChI is InChI=1S/C20H14N4O3/c25-20(26)13-11-16(17-7-4-10-27-17)21-14-8-9-15-19(18(13)14)23-24(22-15)12-5-2-1-3-6-12/h1-6,8-11,17H,7H2,(H,25,26). The highest BCUT2D eigenvalue weighted by Crippen LogP contribution is 2.31. The number of hydrogen-bond donors (Lipinski definition) is 1. The monoisotopic (exact) mass is 358 g/mol. The van der Waals surface area contributed by atoms with E-state index in [4.69, 9.17) is 4.74 Å². The smallest absolute Gasteiger partial charge is 0.336 e. The molecule has 1 unspecified atom stereocenters. The first-order valence-electron chi connectivity index (χ1n) is 8.50. The minimum atomic E-state index is -1.03. The molecule has 1 aliphatic heterocycles. The van der Waals surface area contributed by atoms with Gasteiger partial charge in [0.2, 0.25) is 0 Å². The molecule has 0 fully saturated rings. The molecule has 5 rings (SSSR count). The zero-order valence-corrected chi connectivity index (χ0v) is 14.1. The zero-order valence-electron chi connectivity index (χ0n) is 14.1. The molecule has 0 saturated heterocycles. The summed E-state index contributed by atoms with van der Waals surface area (Å²) in [6, 6.07) is 14.6. The molecule has 0 amide bonds. The van der Waals surface area contributed by atoms with Crippen molar-refractivity contribution in [1.29, 1.82) is 0 Å². The highest BCUT2D eigenvalue weighted by molar-refractivity contribution is 6.13. The SMILES string of the molecule is O=C(O)c1cc(C2CC=CO2)nc2ccc3nn(-c4ccccc4)nc3c12. The second-order valence-electron chi connectivity index (χ2n) is 6.28. The summed E-state index contributed by atoms with van der Waals surface area (Å²) in [5.41, 5.74) is 3.23. The van der Waals surface area contributed by atoms with Gasteiger partial charge in [-0.1, -0.05) is 18.2 Å². The first-order valence-corrected chi connectivity index (χ1v) is 8.50. The number of para-hydroxylation sites is 1. The molecule has 1 aliphatic rings. The fourth-order valence-corrected chi connectivity index (χ4v) is 3.31. The number of nitrogens with zero attached hydrogens (tertiary/aromatic N) is 4. The van der Waals surface area contributed by atoms with Gasteiger partial charge in [0.05, 0.1) is 28.7 Å². The average Bonchev–Trinajstić information content (AvgIpc) is 3.37. The van der Waals surface area contributed by atoms with Gasteiger partial charge in [-0.2, -0.15) is 4.80 Å². The normalized spacial score (nSPS) is 16.1. The molecule has 4 aromatic rings. The van der Waals surface area contributed by atoms with Gasteiger partial charge in [-0.3, -0.25) is 0 Å². The molecule has 0 radical (unpaired) electrons. The fourth-order valence-electron chi connectivity index (χ4n) is 3.31. The van der Waals surface area contributed by atoms with Crippen molar-refractivity contribution in [3.05, 3.63) is 72.1 Å². The maximum Gasteiger partial charge on any atom is 0.336 e. The van der Waals surface area contributed by atoms with Gasteiger partial charge < -0.3 is 9.84 Å². The molecule has 0 bridgehead atoms. The number of ether oxygens (including phenoxy) is 1. The predicted molar refractivity (Wildman–Crippen MR) is 98.7 cm³/mol. The Morgan fingerprint density at radius 2 is 1.93 bits per heavy atom. The highest BCUT2D eigenvalue weighted by Gasteiger charge is 2.22. The molecule has 7 nitrogen and oxygen atoms in total. The second kappa shape index (κ2) is 5.91. The summed E-state index contributed by atoms with van der Waals surface area (Å²) in [6.07, 6.45) is 3.92. The van der Waals surface area contributed by atoms with Crippen LogP contribution in [0.1, 0.15) is 28.6 Å². The van der Waals surface area contributed by atoms with E-state index in [0.717, 1.165) is 5.69 Å². The first-order chi connectivity index (χ1) is 13.2. The first kappa shape index (κ1) is 15.5. The Kier molecular flexibility index (Phi) is 3.39. The van der Waals surface area contributed by atoms with E-state index in [2.05, 4.69) is 15.2 Å². The van der Waals surface area contributed by atoms with Crippen LogP contribution >= 0.6 is 0 Å². The highest BCUT2D eigenvalue weighted by atomic mass is 16.5. The van der Waals surface area contributed by atoms with Gasteiger partial charge in [0.25, 0.3) is 0 Å². The fraction of sp³-hybridized carbons (Fsp3) is 0.100. The molecule has 2 aromatic carbocycles. The minimum absolute atomic E-state index is 0.149. The van der Waals surface area contributed by atoms with E-state index < -0.39 is 5.97 Å². The van der Waals surface area contributed by atoms with Crippen LogP contribution in [-0.2, 0) is 4.74 Å². The van der Waals surface area contributed by atoms with Crippen molar-refractivity contribution in [2.24, 2.45) is 0 Å². The van der Waals surface area contributed by atoms with Crippen LogP contribution in [0.4, 0.5) is 0 Å². The molecular weight excluding hydrogens is 344 g/mol. The van der Waals surface area contributed by atoms with Crippen molar-refractivity contribution < 1.29 is 14.6 Å². The topological polar surface area (TPSA) is 90.1 Å². The van der Waals surface area contributed by atoms with Crippen LogP contribution in [0.25, 0.3) is 27.6 Å². The van der Waals surface area contributed by atoms with Crippen LogP contribution in [0.2, 0.25) is 0 Å². The van der Waals surface area contributed by atoms with Gasteiger partial charge in [0, 0.05) is 11.8 Å². The summed E-state index contributed by atoms with van der Waals surface area (Å²) in [6.45, 7) is 0. The number of carboxylic acids is 1. The lowest BCUT2D eigenvalue weighted by Gasteiger charge is -2.12. The van der Waals surface area contributed by atoms with Crippen LogP contribution < -0.4 is 0 Å². The number of aromatic nitrogens is 4. The predicted octanol–water partition coefficient (Wildman–Crippen LogP) is 3.64. The van der Waals surface area contributed by atoms with Crippen LogP contribution in [0.15, 0.2) is 60.9 Å². The molecule has 27 heavy (non-hydrogen) atoms. The van der Waals surface area contributed by atoms with Crippen molar-refractivity contribution >= 4 is 27.9 Å². The maximum absolute atomic E-state index is 12.0. The zero-order chi connectivity index (χ0) is 18.4. The number of hydrogen-bond acceptors (Lipinski definition) is 5. The molecule has 1 atom stereocenters. The number of benzene rings is 2. The van der Waals surface area contributed by atoms with Crippen LogP contribution in [0.3, 0.4) is 0 Å². The van der Waals surface area contributed by atoms with Gasteiger partial charge in [-0.05, 0) is 36.4 Å². The molecule has 0 spiro atoms. The number of carboxylic acid groups (broad SMARTS) is 1. The molecule has 2 aromatic heterocycles. The number of carbonyl (C=O) groups is 1. The molecule has 0 aliphatic carbocycles. The summed E-state index contributed by atoms with van der Waals surface area (Å²) in [5.74, 6) is -1.03. The Labute approximate surface area is 153 Å². The van der Waals surface area contributed by atoms with E-state index in [0.29, 0.717) is 34.1 Å². The van der Waals surface area contributed by atoms with Crippen LogP contribution in [-0.4, -0.2) is 31.1 Å². The number of rotatable bonds is 3. The molecule has 1 N–H and O–H groups in total. The second-order valence-corrected chi connectivity index (χ2v) is 6.28. The lowest BCUT2D eigenvalue weighted by molar-refractivity contribution is 0.0698. The van der Waals surface area contributed by atoms with E-state index in [-0.39, 0.29) is 11.7 Å².